The molecule has 0 spiro atoms. The van der Waals surface area contributed by atoms with E-state index >= 15 is 0 Å². The maximum atomic E-state index is 11.7. The van der Waals surface area contributed by atoms with E-state index in [1.165, 1.54) is 5.56 Å². The van der Waals surface area contributed by atoms with Gasteiger partial charge in [0.25, 0.3) is 0 Å². The van der Waals surface area contributed by atoms with Gasteiger partial charge in [0.1, 0.15) is 0 Å². The number of nitrogens with two attached hydrogens (primary N) is 1. The first-order chi connectivity index (χ1) is 9.08. The van der Waals surface area contributed by atoms with E-state index in [2.05, 4.69) is 31.3 Å². The Morgan fingerprint density at radius 3 is 2.58 bits per heavy atom. The molecule has 0 radical (unpaired) electrons. The van der Waals surface area contributed by atoms with Crippen LogP contribution in [0.15, 0.2) is 30.3 Å². The molecule has 3 nitrogen and oxygen atoms in total. The van der Waals surface area contributed by atoms with E-state index in [0.29, 0.717) is 18.9 Å². The Balaban J connectivity index is 2.11. The van der Waals surface area contributed by atoms with Crippen molar-refractivity contribution in [1.29, 1.82) is 0 Å². The van der Waals surface area contributed by atoms with Crippen LogP contribution in [0.3, 0.4) is 0 Å². The molecular formula is C16H26N2O. The Morgan fingerprint density at radius 2 is 1.95 bits per heavy atom. The molecule has 3 N–H and O–H groups in total. The third-order valence-corrected chi connectivity index (χ3v) is 3.05. The lowest BCUT2D eigenvalue weighted by Crippen LogP contribution is -2.37. The van der Waals surface area contributed by atoms with Gasteiger partial charge >= 0.3 is 0 Å². The van der Waals surface area contributed by atoms with Crippen molar-refractivity contribution in [3.05, 3.63) is 35.9 Å². The highest BCUT2D eigenvalue weighted by Gasteiger charge is 2.07. The molecule has 1 amide bonds. The van der Waals surface area contributed by atoms with E-state index in [-0.39, 0.29) is 11.9 Å². The summed E-state index contributed by atoms with van der Waals surface area (Å²) in [6.07, 6.45) is 3.36. The highest BCUT2D eigenvalue weighted by atomic mass is 16.1. The van der Waals surface area contributed by atoms with Crippen molar-refractivity contribution in [2.75, 3.05) is 6.54 Å². The third kappa shape index (κ3) is 7.62. The topological polar surface area (TPSA) is 55.1 Å². The highest BCUT2D eigenvalue weighted by Crippen LogP contribution is 2.05. The van der Waals surface area contributed by atoms with Crippen molar-refractivity contribution >= 4 is 5.91 Å². The minimum Gasteiger partial charge on any atom is -0.355 e. The summed E-state index contributed by atoms with van der Waals surface area (Å²) < 4.78 is 0. The Labute approximate surface area is 116 Å². The minimum absolute atomic E-state index is 0.0677. The van der Waals surface area contributed by atoms with Gasteiger partial charge in [-0.25, -0.2) is 0 Å². The summed E-state index contributed by atoms with van der Waals surface area (Å²) in [5.74, 6) is 0.681. The van der Waals surface area contributed by atoms with Gasteiger partial charge in [-0.1, -0.05) is 44.2 Å². The molecular weight excluding hydrogens is 236 g/mol. The van der Waals surface area contributed by atoms with Crippen LogP contribution in [0, 0.1) is 5.92 Å². The fraction of sp³-hybridized carbons (Fsp3) is 0.562. The Morgan fingerprint density at radius 1 is 1.26 bits per heavy atom. The first kappa shape index (κ1) is 15.7. The third-order valence-electron chi connectivity index (χ3n) is 3.05. The number of amides is 1. The molecule has 0 aliphatic carbocycles. The average Bonchev–Trinajstić information content (AvgIpc) is 2.37. The van der Waals surface area contributed by atoms with E-state index in [1.54, 1.807) is 0 Å². The van der Waals surface area contributed by atoms with Crippen LogP contribution in [0.2, 0.25) is 0 Å². The molecule has 0 saturated carbocycles. The predicted octanol–water partition coefficient (Wildman–Crippen LogP) is 2.50. The average molecular weight is 262 g/mol. The number of hydrogen-bond donors (Lipinski definition) is 2. The van der Waals surface area contributed by atoms with E-state index < -0.39 is 0 Å². The standard InChI is InChI=1S/C16H26N2O/c1-13(2)11-15(17)12-18-16(19)10-6-9-14-7-4-3-5-8-14/h3-5,7-8,13,15H,6,9-12,17H2,1-2H3,(H,18,19). The number of nitrogens with one attached hydrogen (secondary N) is 1. The van der Waals surface area contributed by atoms with Crippen LogP contribution in [-0.2, 0) is 11.2 Å². The lowest BCUT2D eigenvalue weighted by molar-refractivity contribution is -0.121. The van der Waals surface area contributed by atoms with Crippen molar-refractivity contribution in [2.45, 2.75) is 45.6 Å². The number of carbonyl (C=O) groups excluding carboxylic acids is 1. The summed E-state index contributed by atoms with van der Waals surface area (Å²) in [6.45, 7) is 4.87. The van der Waals surface area contributed by atoms with Crippen LogP contribution in [0.25, 0.3) is 0 Å². The fourth-order valence-electron chi connectivity index (χ4n) is 2.12. The van der Waals surface area contributed by atoms with E-state index in [9.17, 15) is 4.79 Å². The molecule has 1 unspecified atom stereocenters. The Kier molecular flexibility index (Phi) is 7.19. The first-order valence-electron chi connectivity index (χ1n) is 7.14. The second-order valence-electron chi connectivity index (χ2n) is 5.53. The summed E-state index contributed by atoms with van der Waals surface area (Å²) in [4.78, 5) is 11.7. The number of aryl methyl sites for hydroxylation is 1. The maximum absolute atomic E-state index is 11.7. The molecule has 0 aromatic heterocycles. The first-order valence-corrected chi connectivity index (χ1v) is 7.14. The zero-order valence-electron chi connectivity index (χ0n) is 12.1. The molecule has 1 aromatic carbocycles. The van der Waals surface area contributed by atoms with Crippen molar-refractivity contribution < 1.29 is 4.79 Å². The predicted molar refractivity (Wildman–Crippen MR) is 79.8 cm³/mol. The molecule has 0 aliphatic heterocycles. The van der Waals surface area contributed by atoms with Gasteiger partial charge in [0.15, 0.2) is 0 Å². The maximum Gasteiger partial charge on any atom is 0.220 e. The number of benzene rings is 1. The van der Waals surface area contributed by atoms with Crippen molar-refractivity contribution in [1.82, 2.24) is 5.32 Å². The van der Waals surface area contributed by atoms with E-state index in [1.807, 2.05) is 18.2 Å². The summed E-state index contributed by atoms with van der Waals surface area (Å²) in [6, 6.07) is 10.3. The van der Waals surface area contributed by atoms with Crippen LogP contribution in [0.5, 0.6) is 0 Å². The van der Waals surface area contributed by atoms with Gasteiger partial charge in [0.05, 0.1) is 0 Å². The normalized spacial score (nSPS) is 12.4. The molecule has 0 fully saturated rings. The van der Waals surface area contributed by atoms with Crippen molar-refractivity contribution in [2.24, 2.45) is 11.7 Å². The summed E-state index contributed by atoms with van der Waals surface area (Å²) in [5, 5.41) is 2.91. The zero-order chi connectivity index (χ0) is 14.1. The van der Waals surface area contributed by atoms with E-state index in [0.717, 1.165) is 19.3 Å². The fourth-order valence-corrected chi connectivity index (χ4v) is 2.12. The van der Waals surface area contributed by atoms with Gasteiger partial charge in [-0.3, -0.25) is 4.79 Å². The molecule has 1 rings (SSSR count). The van der Waals surface area contributed by atoms with Crippen molar-refractivity contribution in [3.8, 4) is 0 Å². The van der Waals surface area contributed by atoms with Gasteiger partial charge in [-0.2, -0.15) is 0 Å². The number of rotatable bonds is 8. The summed E-state index contributed by atoms with van der Waals surface area (Å²) in [7, 11) is 0. The molecule has 106 valence electrons. The van der Waals surface area contributed by atoms with Crippen LogP contribution in [0.1, 0.15) is 38.7 Å². The van der Waals surface area contributed by atoms with Crippen LogP contribution in [-0.4, -0.2) is 18.5 Å². The SMILES string of the molecule is CC(C)CC(N)CNC(=O)CCCc1ccccc1. The summed E-state index contributed by atoms with van der Waals surface area (Å²) in [5.41, 5.74) is 7.21. The number of hydrogen-bond acceptors (Lipinski definition) is 2. The van der Waals surface area contributed by atoms with Gasteiger partial charge in [-0.15, -0.1) is 0 Å². The number of carbonyl (C=O) groups is 1. The molecule has 0 heterocycles. The molecule has 1 aromatic rings. The van der Waals surface area contributed by atoms with Gasteiger partial charge in [-0.05, 0) is 30.7 Å². The van der Waals surface area contributed by atoms with Gasteiger partial charge in [0, 0.05) is 19.0 Å². The molecule has 0 bridgehead atoms. The largest absolute Gasteiger partial charge is 0.355 e. The molecule has 19 heavy (non-hydrogen) atoms. The van der Waals surface area contributed by atoms with E-state index in [4.69, 9.17) is 5.73 Å². The van der Waals surface area contributed by atoms with Gasteiger partial charge < -0.3 is 11.1 Å². The minimum atomic E-state index is 0.0677. The molecule has 1 atom stereocenters. The second kappa shape index (κ2) is 8.70. The molecule has 0 saturated heterocycles. The van der Waals surface area contributed by atoms with Crippen LogP contribution in [0.4, 0.5) is 0 Å². The smallest absolute Gasteiger partial charge is 0.220 e. The summed E-state index contributed by atoms with van der Waals surface area (Å²) >= 11 is 0. The zero-order valence-corrected chi connectivity index (χ0v) is 12.1. The highest BCUT2D eigenvalue weighted by molar-refractivity contribution is 5.75. The van der Waals surface area contributed by atoms with Crippen molar-refractivity contribution in [3.63, 3.8) is 0 Å². The lowest BCUT2D eigenvalue weighted by atomic mass is 10.0. The second-order valence-corrected chi connectivity index (χ2v) is 5.53. The Hall–Kier alpha value is -1.35. The quantitative estimate of drug-likeness (QED) is 0.756. The lowest BCUT2D eigenvalue weighted by Gasteiger charge is -2.14. The Bertz CT molecular complexity index is 362. The van der Waals surface area contributed by atoms with Crippen LogP contribution >= 0.6 is 0 Å². The van der Waals surface area contributed by atoms with Crippen LogP contribution < -0.4 is 11.1 Å². The molecule has 0 aliphatic rings. The monoisotopic (exact) mass is 262 g/mol. The van der Waals surface area contributed by atoms with Gasteiger partial charge in [0.2, 0.25) is 5.91 Å². The molecule has 3 heteroatoms.